The second-order valence-electron chi connectivity index (χ2n) is 6.16. The molecule has 1 aliphatic heterocycles. The van der Waals surface area contributed by atoms with Gasteiger partial charge < -0.3 is 33.2 Å². The maximum Gasteiger partial charge on any atom is 0.508 e. The number of hydrogen-bond donors (Lipinski definition) is 0. The van der Waals surface area contributed by atoms with Crippen LogP contribution in [0.5, 0.6) is 0 Å². The maximum absolute atomic E-state index is 12.3. The quantitative estimate of drug-likeness (QED) is 0.247. The molecule has 0 N–H and O–H groups in total. The summed E-state index contributed by atoms with van der Waals surface area (Å²) in [5.74, 6) is -0.731. The molecule has 166 valence electrons. The minimum Gasteiger partial charge on any atom is -0.461 e. The highest BCUT2D eigenvalue weighted by molar-refractivity contribution is 5.72. The maximum atomic E-state index is 12.3. The molecule has 0 amide bonds. The normalized spacial score (nSPS) is 16.2. The van der Waals surface area contributed by atoms with Gasteiger partial charge in [-0.25, -0.2) is 14.4 Å². The first-order chi connectivity index (χ1) is 14.0. The van der Waals surface area contributed by atoms with E-state index < -0.39 is 24.6 Å². The third-order valence-corrected chi connectivity index (χ3v) is 3.91. The van der Waals surface area contributed by atoms with Gasteiger partial charge in [-0.1, -0.05) is 19.8 Å². The number of cyclic esters (lactones) is 2. The minimum atomic E-state index is -0.894. The summed E-state index contributed by atoms with van der Waals surface area (Å²) < 4.78 is 33.1. The van der Waals surface area contributed by atoms with Gasteiger partial charge in [0.1, 0.15) is 26.4 Å². The molecule has 29 heavy (non-hydrogen) atoms. The fourth-order valence-corrected chi connectivity index (χ4v) is 2.41. The van der Waals surface area contributed by atoms with Crippen LogP contribution in [0.2, 0.25) is 0 Å². The SMILES string of the molecule is CCCCC(CCCOC(=O)OCCOC(=O)OC)C(=O)OCC1COC(=O)O1. The number of esters is 1. The van der Waals surface area contributed by atoms with Crippen molar-refractivity contribution in [2.24, 2.45) is 5.92 Å². The average molecular weight is 420 g/mol. The first kappa shape index (κ1) is 24.3. The Kier molecular flexibility index (Phi) is 12.0. The summed E-state index contributed by atoms with van der Waals surface area (Å²) in [6.45, 7) is 1.79. The first-order valence-electron chi connectivity index (χ1n) is 9.46. The average Bonchev–Trinajstić information content (AvgIpc) is 3.13. The van der Waals surface area contributed by atoms with E-state index in [1.54, 1.807) is 0 Å². The van der Waals surface area contributed by atoms with Crippen molar-refractivity contribution in [3.63, 3.8) is 0 Å². The van der Waals surface area contributed by atoms with Crippen molar-refractivity contribution in [1.29, 1.82) is 0 Å². The van der Waals surface area contributed by atoms with E-state index in [2.05, 4.69) is 14.2 Å². The minimum absolute atomic E-state index is 0.0519. The predicted molar refractivity (Wildman–Crippen MR) is 95.1 cm³/mol. The smallest absolute Gasteiger partial charge is 0.461 e. The van der Waals surface area contributed by atoms with Crippen LogP contribution in [0, 0.1) is 5.92 Å². The molecule has 2 unspecified atom stereocenters. The van der Waals surface area contributed by atoms with E-state index >= 15 is 0 Å². The lowest BCUT2D eigenvalue weighted by Gasteiger charge is -2.16. The Balaban J connectivity index is 2.21. The first-order valence-corrected chi connectivity index (χ1v) is 9.46. The van der Waals surface area contributed by atoms with Gasteiger partial charge in [0.2, 0.25) is 0 Å². The molecule has 0 aromatic rings. The van der Waals surface area contributed by atoms with Gasteiger partial charge in [-0.15, -0.1) is 0 Å². The third-order valence-electron chi connectivity index (χ3n) is 3.91. The summed E-state index contributed by atoms with van der Waals surface area (Å²) in [5, 5.41) is 0. The Bertz CT molecular complexity index is 534. The van der Waals surface area contributed by atoms with Crippen molar-refractivity contribution < 1.29 is 52.3 Å². The lowest BCUT2D eigenvalue weighted by molar-refractivity contribution is -0.151. The van der Waals surface area contributed by atoms with Crippen LogP contribution in [0.15, 0.2) is 0 Å². The molecule has 1 rings (SSSR count). The molecule has 0 aliphatic carbocycles. The van der Waals surface area contributed by atoms with Crippen molar-refractivity contribution >= 4 is 24.4 Å². The summed E-state index contributed by atoms with van der Waals surface area (Å²) >= 11 is 0. The van der Waals surface area contributed by atoms with E-state index in [-0.39, 0.29) is 44.9 Å². The van der Waals surface area contributed by atoms with Crippen LogP contribution in [-0.2, 0) is 38.0 Å². The second-order valence-corrected chi connectivity index (χ2v) is 6.16. The standard InChI is InChI=1S/C18H28O11/c1-3-4-6-13(15(19)27-11-14-12-28-18(22)29-14)7-5-8-24-17(21)26-10-9-25-16(20)23-2/h13-14H,3-12H2,1-2H3. The fourth-order valence-electron chi connectivity index (χ4n) is 2.41. The van der Waals surface area contributed by atoms with Crippen molar-refractivity contribution in [2.45, 2.75) is 45.1 Å². The number of carbonyl (C=O) groups is 4. The largest absolute Gasteiger partial charge is 0.508 e. The van der Waals surface area contributed by atoms with Gasteiger partial charge in [0.15, 0.2) is 6.10 Å². The van der Waals surface area contributed by atoms with Crippen molar-refractivity contribution in [3.8, 4) is 0 Å². The molecule has 0 saturated carbocycles. The molecule has 0 aromatic carbocycles. The highest BCUT2D eigenvalue weighted by Gasteiger charge is 2.28. The van der Waals surface area contributed by atoms with Gasteiger partial charge in [0, 0.05) is 0 Å². The highest BCUT2D eigenvalue weighted by Crippen LogP contribution is 2.18. The molecule has 2 atom stereocenters. The van der Waals surface area contributed by atoms with Gasteiger partial charge in [0.05, 0.1) is 19.6 Å². The van der Waals surface area contributed by atoms with Crippen LogP contribution < -0.4 is 0 Å². The van der Waals surface area contributed by atoms with Crippen LogP contribution in [0.1, 0.15) is 39.0 Å². The molecule has 0 aromatic heterocycles. The molecular formula is C18H28O11. The fraction of sp³-hybridized carbons (Fsp3) is 0.778. The van der Waals surface area contributed by atoms with Crippen molar-refractivity contribution in [3.05, 3.63) is 0 Å². The Morgan fingerprint density at radius 2 is 1.66 bits per heavy atom. The van der Waals surface area contributed by atoms with E-state index in [9.17, 15) is 19.2 Å². The van der Waals surface area contributed by atoms with Crippen LogP contribution in [0.3, 0.4) is 0 Å². The monoisotopic (exact) mass is 420 g/mol. The Hall–Kier alpha value is -2.72. The number of carbonyl (C=O) groups excluding carboxylic acids is 4. The summed E-state index contributed by atoms with van der Waals surface area (Å²) in [5.41, 5.74) is 0. The number of rotatable bonds is 13. The number of ether oxygens (including phenoxy) is 7. The second kappa shape index (κ2) is 14.3. The van der Waals surface area contributed by atoms with Crippen LogP contribution >= 0.6 is 0 Å². The van der Waals surface area contributed by atoms with Crippen LogP contribution in [0.4, 0.5) is 14.4 Å². The third kappa shape index (κ3) is 11.0. The molecule has 1 heterocycles. The van der Waals surface area contributed by atoms with Gasteiger partial charge in [-0.05, 0) is 19.3 Å². The van der Waals surface area contributed by atoms with Gasteiger partial charge in [-0.2, -0.15) is 0 Å². The van der Waals surface area contributed by atoms with Crippen molar-refractivity contribution in [1.82, 2.24) is 0 Å². The zero-order valence-electron chi connectivity index (χ0n) is 16.7. The molecule has 1 saturated heterocycles. The van der Waals surface area contributed by atoms with E-state index in [1.165, 1.54) is 7.11 Å². The van der Waals surface area contributed by atoms with Crippen molar-refractivity contribution in [2.75, 3.05) is 40.1 Å². The number of methoxy groups -OCH3 is 1. The van der Waals surface area contributed by atoms with Gasteiger partial charge in [0.25, 0.3) is 0 Å². The van der Waals surface area contributed by atoms with E-state index in [1.807, 2.05) is 6.92 Å². The van der Waals surface area contributed by atoms with E-state index in [4.69, 9.17) is 18.9 Å². The van der Waals surface area contributed by atoms with Gasteiger partial charge >= 0.3 is 24.4 Å². The lowest BCUT2D eigenvalue weighted by Crippen LogP contribution is -2.25. The molecule has 11 heteroatoms. The Morgan fingerprint density at radius 3 is 2.28 bits per heavy atom. The predicted octanol–water partition coefficient (Wildman–Crippen LogP) is 2.59. The summed E-state index contributed by atoms with van der Waals surface area (Å²) in [6, 6.07) is 0. The van der Waals surface area contributed by atoms with Gasteiger partial charge in [-0.3, -0.25) is 4.79 Å². The van der Waals surface area contributed by atoms with E-state index in [0.29, 0.717) is 19.3 Å². The van der Waals surface area contributed by atoms with E-state index in [0.717, 1.165) is 12.8 Å². The molecule has 1 aliphatic rings. The molecule has 0 spiro atoms. The summed E-state index contributed by atoms with van der Waals surface area (Å²) in [4.78, 5) is 45.3. The Labute approximate surface area is 168 Å². The molecular weight excluding hydrogens is 392 g/mol. The highest BCUT2D eigenvalue weighted by atomic mass is 16.8. The topological polar surface area (TPSA) is 133 Å². The van der Waals surface area contributed by atoms with Crippen LogP contribution in [0.25, 0.3) is 0 Å². The molecule has 0 bridgehead atoms. The molecule has 1 fully saturated rings. The molecule has 11 nitrogen and oxygen atoms in total. The Morgan fingerprint density at radius 1 is 1.00 bits per heavy atom. The number of unbranched alkanes of at least 4 members (excludes halogenated alkanes) is 1. The summed E-state index contributed by atoms with van der Waals surface area (Å²) in [7, 11) is 1.17. The van der Waals surface area contributed by atoms with Crippen LogP contribution in [-0.4, -0.2) is 70.7 Å². The zero-order valence-corrected chi connectivity index (χ0v) is 16.7. The number of hydrogen-bond acceptors (Lipinski definition) is 11. The molecule has 0 radical (unpaired) electrons. The lowest BCUT2D eigenvalue weighted by atomic mass is 9.97. The summed E-state index contributed by atoms with van der Waals surface area (Å²) in [6.07, 6.45) is 0.218. The zero-order chi connectivity index (χ0) is 21.5.